The quantitative estimate of drug-likeness (QED) is 0.581. The number of aromatic nitrogens is 2. The van der Waals surface area contributed by atoms with Crippen LogP contribution in [0.2, 0.25) is 0 Å². The number of halogens is 1. The molecule has 5 heteroatoms. The maximum atomic E-state index is 7.17. The summed E-state index contributed by atoms with van der Waals surface area (Å²) in [5, 5.41) is 7.17. The molecule has 0 aliphatic rings. The summed E-state index contributed by atoms with van der Waals surface area (Å²) >= 11 is 0. The number of nitrogens with two attached hydrogens (primary N) is 1. The van der Waals surface area contributed by atoms with Gasteiger partial charge in [0.05, 0.1) is 23.9 Å². The molecule has 4 nitrogen and oxygen atoms in total. The number of para-hydroxylation sites is 2. The molecule has 1 aromatic heterocycles. The third-order valence-electron chi connectivity index (χ3n) is 1.87. The number of rotatable bonds is 2. The van der Waals surface area contributed by atoms with Gasteiger partial charge in [-0.15, -0.1) is 12.4 Å². The fourth-order valence-electron chi connectivity index (χ4n) is 1.32. The van der Waals surface area contributed by atoms with Crippen LogP contribution in [0.4, 0.5) is 0 Å². The van der Waals surface area contributed by atoms with Gasteiger partial charge in [0, 0.05) is 0 Å². The van der Waals surface area contributed by atoms with E-state index in [4.69, 9.17) is 11.1 Å². The maximum absolute atomic E-state index is 7.17. The van der Waals surface area contributed by atoms with Crippen molar-refractivity contribution in [1.82, 2.24) is 9.55 Å². The van der Waals surface area contributed by atoms with E-state index in [1.807, 2.05) is 28.8 Å². The first-order valence-electron chi connectivity index (χ1n) is 4.00. The molecule has 0 saturated heterocycles. The van der Waals surface area contributed by atoms with Crippen molar-refractivity contribution in [3.63, 3.8) is 0 Å². The van der Waals surface area contributed by atoms with Gasteiger partial charge in [-0.25, -0.2) is 4.98 Å². The van der Waals surface area contributed by atoms with Gasteiger partial charge in [0.1, 0.15) is 5.84 Å². The lowest BCUT2D eigenvalue weighted by Crippen LogP contribution is -2.17. The second kappa shape index (κ2) is 4.11. The third-order valence-corrected chi connectivity index (χ3v) is 1.87. The molecule has 0 spiro atoms. The molecular formula is C9H11ClN4. The second-order valence-corrected chi connectivity index (χ2v) is 2.89. The van der Waals surface area contributed by atoms with Crippen molar-refractivity contribution >= 4 is 29.3 Å². The number of benzene rings is 1. The van der Waals surface area contributed by atoms with Gasteiger partial charge in [0.2, 0.25) is 0 Å². The molecule has 1 aromatic carbocycles. The van der Waals surface area contributed by atoms with E-state index in [1.54, 1.807) is 6.33 Å². The topological polar surface area (TPSA) is 67.7 Å². The van der Waals surface area contributed by atoms with Crippen LogP contribution in [-0.2, 0) is 6.54 Å². The van der Waals surface area contributed by atoms with Gasteiger partial charge >= 0.3 is 0 Å². The number of fused-ring (bicyclic) bond motifs is 1. The number of nitrogens with one attached hydrogen (secondary N) is 1. The van der Waals surface area contributed by atoms with Crippen LogP contribution in [-0.4, -0.2) is 15.4 Å². The van der Waals surface area contributed by atoms with Crippen molar-refractivity contribution < 1.29 is 0 Å². The molecule has 74 valence electrons. The number of imidazole rings is 1. The minimum absolute atomic E-state index is 0. The molecule has 2 aromatic rings. The molecule has 1 heterocycles. The minimum Gasteiger partial charge on any atom is -0.386 e. The van der Waals surface area contributed by atoms with Gasteiger partial charge in [0.15, 0.2) is 0 Å². The molecular weight excluding hydrogens is 200 g/mol. The van der Waals surface area contributed by atoms with E-state index in [9.17, 15) is 0 Å². The number of amidine groups is 1. The summed E-state index contributed by atoms with van der Waals surface area (Å²) in [4.78, 5) is 4.18. The van der Waals surface area contributed by atoms with E-state index in [-0.39, 0.29) is 18.2 Å². The smallest absolute Gasteiger partial charge is 0.111 e. The lowest BCUT2D eigenvalue weighted by atomic mass is 10.3. The Hall–Kier alpha value is -1.55. The van der Waals surface area contributed by atoms with Gasteiger partial charge < -0.3 is 10.3 Å². The molecule has 0 fully saturated rings. The lowest BCUT2D eigenvalue weighted by molar-refractivity contribution is 0.869. The van der Waals surface area contributed by atoms with E-state index in [0.29, 0.717) is 6.54 Å². The molecule has 14 heavy (non-hydrogen) atoms. The predicted molar refractivity (Wildman–Crippen MR) is 58.9 cm³/mol. The van der Waals surface area contributed by atoms with Crippen molar-refractivity contribution in [3.8, 4) is 0 Å². The van der Waals surface area contributed by atoms with Crippen LogP contribution in [0, 0.1) is 5.41 Å². The SMILES string of the molecule is Cl.N=C(N)Cn1cnc2ccccc21. The molecule has 3 N–H and O–H groups in total. The first kappa shape index (κ1) is 10.5. The van der Waals surface area contributed by atoms with Gasteiger partial charge in [-0.1, -0.05) is 12.1 Å². The average molecular weight is 211 g/mol. The Kier molecular flexibility index (Phi) is 3.09. The van der Waals surface area contributed by atoms with Crippen molar-refractivity contribution in [2.75, 3.05) is 0 Å². The molecule has 0 radical (unpaired) electrons. The van der Waals surface area contributed by atoms with Gasteiger partial charge in [0.25, 0.3) is 0 Å². The summed E-state index contributed by atoms with van der Waals surface area (Å²) in [5.74, 6) is 0.142. The molecule has 0 unspecified atom stereocenters. The van der Waals surface area contributed by atoms with E-state index >= 15 is 0 Å². The Morgan fingerprint density at radius 1 is 1.43 bits per heavy atom. The summed E-state index contributed by atoms with van der Waals surface area (Å²) in [6.07, 6.45) is 1.70. The fourth-order valence-corrected chi connectivity index (χ4v) is 1.32. The van der Waals surface area contributed by atoms with Crippen LogP contribution in [0.3, 0.4) is 0 Å². The summed E-state index contributed by atoms with van der Waals surface area (Å²) < 4.78 is 1.86. The first-order chi connectivity index (χ1) is 6.27. The van der Waals surface area contributed by atoms with Crippen LogP contribution in [0.5, 0.6) is 0 Å². The fraction of sp³-hybridized carbons (Fsp3) is 0.111. The molecule has 0 aliphatic heterocycles. The number of nitrogens with zero attached hydrogens (tertiary/aromatic N) is 2. The Labute approximate surface area is 87.7 Å². The Morgan fingerprint density at radius 2 is 2.14 bits per heavy atom. The highest BCUT2D eigenvalue weighted by Gasteiger charge is 2.00. The summed E-state index contributed by atoms with van der Waals surface area (Å²) in [6, 6.07) is 7.78. The standard InChI is InChI=1S/C9H10N4.ClH/c10-9(11)5-13-6-12-7-3-1-2-4-8(7)13;/h1-4,6H,5H2,(H3,10,11);1H. The van der Waals surface area contributed by atoms with Gasteiger partial charge in [-0.2, -0.15) is 0 Å². The highest BCUT2D eigenvalue weighted by molar-refractivity contribution is 5.85. The van der Waals surface area contributed by atoms with E-state index in [2.05, 4.69) is 4.98 Å². The van der Waals surface area contributed by atoms with Crippen molar-refractivity contribution in [2.45, 2.75) is 6.54 Å². The van der Waals surface area contributed by atoms with Crippen LogP contribution < -0.4 is 5.73 Å². The monoisotopic (exact) mass is 210 g/mol. The Bertz CT molecular complexity index is 449. The molecule has 0 aliphatic carbocycles. The summed E-state index contributed by atoms with van der Waals surface area (Å²) in [6.45, 7) is 0.403. The first-order valence-corrected chi connectivity index (χ1v) is 4.00. The maximum Gasteiger partial charge on any atom is 0.111 e. The summed E-state index contributed by atoms with van der Waals surface area (Å²) in [7, 11) is 0. The Morgan fingerprint density at radius 3 is 2.86 bits per heavy atom. The van der Waals surface area contributed by atoms with Crippen LogP contribution in [0.15, 0.2) is 30.6 Å². The molecule has 0 atom stereocenters. The average Bonchev–Trinajstić information content (AvgIpc) is 2.48. The van der Waals surface area contributed by atoms with Crippen molar-refractivity contribution in [3.05, 3.63) is 30.6 Å². The largest absolute Gasteiger partial charge is 0.386 e. The van der Waals surface area contributed by atoms with Crippen LogP contribution >= 0.6 is 12.4 Å². The molecule has 2 rings (SSSR count). The van der Waals surface area contributed by atoms with Gasteiger partial charge in [-0.05, 0) is 12.1 Å². The minimum atomic E-state index is 0. The van der Waals surface area contributed by atoms with Crippen LogP contribution in [0.25, 0.3) is 11.0 Å². The van der Waals surface area contributed by atoms with E-state index < -0.39 is 0 Å². The van der Waals surface area contributed by atoms with Crippen LogP contribution in [0.1, 0.15) is 0 Å². The molecule has 0 bridgehead atoms. The third kappa shape index (κ3) is 1.85. The van der Waals surface area contributed by atoms with E-state index in [0.717, 1.165) is 11.0 Å². The highest BCUT2D eigenvalue weighted by atomic mass is 35.5. The zero-order valence-electron chi connectivity index (χ0n) is 7.47. The number of hydrogen-bond donors (Lipinski definition) is 2. The van der Waals surface area contributed by atoms with Crippen molar-refractivity contribution in [2.24, 2.45) is 5.73 Å². The van der Waals surface area contributed by atoms with Crippen molar-refractivity contribution in [1.29, 1.82) is 5.41 Å². The highest BCUT2D eigenvalue weighted by Crippen LogP contribution is 2.10. The van der Waals surface area contributed by atoms with Gasteiger partial charge in [-0.3, -0.25) is 5.41 Å². The zero-order chi connectivity index (χ0) is 9.26. The summed E-state index contributed by atoms with van der Waals surface area (Å²) in [5.41, 5.74) is 7.26. The predicted octanol–water partition coefficient (Wildman–Crippen LogP) is 1.39. The zero-order valence-corrected chi connectivity index (χ0v) is 8.29. The Balaban J connectivity index is 0.000000980. The van der Waals surface area contributed by atoms with E-state index in [1.165, 1.54) is 0 Å². The molecule has 0 saturated carbocycles. The lowest BCUT2D eigenvalue weighted by Gasteiger charge is -2.00. The molecule has 0 amide bonds. The normalized spacial score (nSPS) is 9.71. The second-order valence-electron chi connectivity index (χ2n) is 2.89. The number of hydrogen-bond acceptors (Lipinski definition) is 2.